The summed E-state index contributed by atoms with van der Waals surface area (Å²) in [5.41, 5.74) is 8.08. The summed E-state index contributed by atoms with van der Waals surface area (Å²) in [7, 11) is 0. The number of aryl methyl sites for hydroxylation is 2. The van der Waals surface area contributed by atoms with Gasteiger partial charge in [-0.2, -0.15) is 0 Å². The third-order valence-electron chi connectivity index (χ3n) is 2.08. The molecule has 2 rings (SSSR count). The van der Waals surface area contributed by atoms with Gasteiger partial charge in [-0.3, -0.25) is 0 Å². The molecule has 0 bridgehead atoms. The maximum absolute atomic E-state index is 5.76. The number of anilines is 1. The second-order valence-corrected chi connectivity index (χ2v) is 3.57. The van der Waals surface area contributed by atoms with Crippen molar-refractivity contribution in [3.8, 4) is 11.8 Å². The Bertz CT molecular complexity index is 491. The van der Waals surface area contributed by atoms with E-state index in [1.165, 1.54) is 0 Å². The summed E-state index contributed by atoms with van der Waals surface area (Å²) in [5, 5.41) is 0. The van der Waals surface area contributed by atoms with E-state index in [-0.39, 0.29) is 0 Å². The van der Waals surface area contributed by atoms with Crippen LogP contribution in [0.5, 0.6) is 11.8 Å². The molecule has 0 fully saturated rings. The molecule has 1 aromatic heterocycles. The molecule has 0 spiro atoms. The summed E-state index contributed by atoms with van der Waals surface area (Å²) in [5.74, 6) is 0.576. The maximum atomic E-state index is 5.76. The number of para-hydroxylation sites is 2. The van der Waals surface area contributed by atoms with Crippen LogP contribution in [-0.4, -0.2) is 9.97 Å². The first-order chi connectivity index (χ1) is 7.65. The molecular weight excluding hydrogens is 202 g/mol. The summed E-state index contributed by atoms with van der Waals surface area (Å²) in [6.07, 6.45) is 0. The van der Waals surface area contributed by atoms with Crippen LogP contribution in [0.4, 0.5) is 5.69 Å². The molecule has 4 heteroatoms. The monoisotopic (exact) mass is 215 g/mol. The zero-order valence-electron chi connectivity index (χ0n) is 9.27. The van der Waals surface area contributed by atoms with Crippen molar-refractivity contribution in [2.75, 3.05) is 5.73 Å². The number of nitrogens with two attached hydrogens (primary N) is 1. The fraction of sp³-hybridized carbons (Fsp3) is 0.167. The Kier molecular flexibility index (Phi) is 2.72. The molecule has 0 aliphatic carbocycles. The Morgan fingerprint density at radius 1 is 1.06 bits per heavy atom. The van der Waals surface area contributed by atoms with Gasteiger partial charge in [-0.25, -0.2) is 9.97 Å². The number of ether oxygens (including phenoxy) is 1. The van der Waals surface area contributed by atoms with Gasteiger partial charge in [0.2, 0.25) is 0 Å². The summed E-state index contributed by atoms with van der Waals surface area (Å²) >= 11 is 0. The molecule has 2 aromatic rings. The third kappa shape index (κ3) is 2.28. The fourth-order valence-electron chi connectivity index (χ4n) is 1.41. The molecule has 2 N–H and O–H groups in total. The van der Waals surface area contributed by atoms with Gasteiger partial charge in [0.05, 0.1) is 5.69 Å². The minimum Gasteiger partial charge on any atom is -0.422 e. The fourth-order valence-corrected chi connectivity index (χ4v) is 1.41. The predicted octanol–water partition coefficient (Wildman–Crippen LogP) is 2.47. The second-order valence-electron chi connectivity index (χ2n) is 3.57. The highest BCUT2D eigenvalue weighted by atomic mass is 16.5. The quantitative estimate of drug-likeness (QED) is 0.782. The van der Waals surface area contributed by atoms with E-state index in [9.17, 15) is 0 Å². The molecule has 0 saturated carbocycles. The average molecular weight is 215 g/mol. The highest BCUT2D eigenvalue weighted by molar-refractivity contribution is 5.52. The van der Waals surface area contributed by atoms with Gasteiger partial charge in [0.25, 0.3) is 0 Å². The van der Waals surface area contributed by atoms with E-state index < -0.39 is 0 Å². The van der Waals surface area contributed by atoms with Crippen molar-refractivity contribution in [1.29, 1.82) is 0 Å². The van der Waals surface area contributed by atoms with Crippen LogP contribution in [0.3, 0.4) is 0 Å². The second kappa shape index (κ2) is 4.18. The molecule has 0 saturated heterocycles. The Balaban J connectivity index is 2.30. The van der Waals surface area contributed by atoms with Gasteiger partial charge in [-0.05, 0) is 32.0 Å². The van der Waals surface area contributed by atoms with Gasteiger partial charge in [-0.15, -0.1) is 0 Å². The maximum Gasteiger partial charge on any atom is 0.322 e. The van der Waals surface area contributed by atoms with Crippen molar-refractivity contribution in [1.82, 2.24) is 9.97 Å². The van der Waals surface area contributed by atoms with Crippen LogP contribution in [0.15, 0.2) is 30.3 Å². The largest absolute Gasteiger partial charge is 0.422 e. The Hall–Kier alpha value is -2.10. The minimum absolute atomic E-state index is 0.329. The molecule has 4 nitrogen and oxygen atoms in total. The lowest BCUT2D eigenvalue weighted by molar-refractivity contribution is 0.441. The number of hydrogen-bond acceptors (Lipinski definition) is 4. The molecule has 0 aliphatic heterocycles. The van der Waals surface area contributed by atoms with Crippen molar-refractivity contribution in [2.45, 2.75) is 13.8 Å². The molecular formula is C12H13N3O. The lowest BCUT2D eigenvalue weighted by atomic mass is 10.3. The zero-order chi connectivity index (χ0) is 11.5. The first kappa shape index (κ1) is 10.4. The third-order valence-corrected chi connectivity index (χ3v) is 2.08. The van der Waals surface area contributed by atoms with Gasteiger partial charge in [-0.1, -0.05) is 12.1 Å². The summed E-state index contributed by atoms with van der Waals surface area (Å²) in [6, 6.07) is 9.49. The Morgan fingerprint density at radius 2 is 1.69 bits per heavy atom. The SMILES string of the molecule is Cc1cc(C)nc(Oc2ccccc2N)n1. The first-order valence-electron chi connectivity index (χ1n) is 5.00. The van der Waals surface area contributed by atoms with Crippen LogP contribution in [0.25, 0.3) is 0 Å². The summed E-state index contributed by atoms with van der Waals surface area (Å²) < 4.78 is 5.52. The molecule has 82 valence electrons. The molecule has 1 heterocycles. The molecule has 0 atom stereocenters. The highest BCUT2D eigenvalue weighted by Crippen LogP contribution is 2.24. The molecule has 0 radical (unpaired) electrons. The number of hydrogen-bond donors (Lipinski definition) is 1. The Morgan fingerprint density at radius 3 is 2.31 bits per heavy atom. The molecule has 1 aromatic carbocycles. The zero-order valence-corrected chi connectivity index (χ0v) is 9.27. The number of benzene rings is 1. The van der Waals surface area contributed by atoms with E-state index in [4.69, 9.17) is 10.5 Å². The van der Waals surface area contributed by atoms with E-state index in [1.54, 1.807) is 12.1 Å². The lowest BCUT2D eigenvalue weighted by Crippen LogP contribution is -1.97. The number of nitrogen functional groups attached to an aromatic ring is 1. The molecule has 16 heavy (non-hydrogen) atoms. The van der Waals surface area contributed by atoms with Gasteiger partial charge in [0.15, 0.2) is 5.75 Å². The minimum atomic E-state index is 0.329. The first-order valence-corrected chi connectivity index (χ1v) is 5.00. The van der Waals surface area contributed by atoms with Crippen molar-refractivity contribution < 1.29 is 4.74 Å². The highest BCUT2D eigenvalue weighted by Gasteiger charge is 2.04. The van der Waals surface area contributed by atoms with Gasteiger partial charge >= 0.3 is 6.01 Å². The summed E-state index contributed by atoms with van der Waals surface area (Å²) in [4.78, 5) is 8.36. The molecule has 0 amide bonds. The Labute approximate surface area is 94.1 Å². The van der Waals surface area contributed by atoms with Crippen LogP contribution in [0.1, 0.15) is 11.4 Å². The van der Waals surface area contributed by atoms with Crippen molar-refractivity contribution in [2.24, 2.45) is 0 Å². The molecule has 0 unspecified atom stereocenters. The average Bonchev–Trinajstić information content (AvgIpc) is 2.20. The van der Waals surface area contributed by atoms with E-state index >= 15 is 0 Å². The van der Waals surface area contributed by atoms with Crippen LogP contribution in [-0.2, 0) is 0 Å². The van der Waals surface area contributed by atoms with Crippen molar-refractivity contribution >= 4 is 5.69 Å². The number of rotatable bonds is 2. The normalized spacial score (nSPS) is 10.1. The number of aromatic nitrogens is 2. The van der Waals surface area contributed by atoms with Crippen LogP contribution >= 0.6 is 0 Å². The topological polar surface area (TPSA) is 61.0 Å². The predicted molar refractivity (Wildman–Crippen MR) is 62.4 cm³/mol. The van der Waals surface area contributed by atoms with Gasteiger partial charge < -0.3 is 10.5 Å². The smallest absolute Gasteiger partial charge is 0.322 e. The molecule has 0 aliphatic rings. The van der Waals surface area contributed by atoms with E-state index in [2.05, 4.69) is 9.97 Å². The van der Waals surface area contributed by atoms with E-state index in [0.717, 1.165) is 11.4 Å². The van der Waals surface area contributed by atoms with E-state index in [0.29, 0.717) is 17.4 Å². The van der Waals surface area contributed by atoms with Crippen LogP contribution in [0.2, 0.25) is 0 Å². The van der Waals surface area contributed by atoms with Crippen LogP contribution < -0.4 is 10.5 Å². The lowest BCUT2D eigenvalue weighted by Gasteiger charge is -2.07. The standard InChI is InChI=1S/C12H13N3O/c1-8-7-9(2)15-12(14-8)16-11-6-4-3-5-10(11)13/h3-7H,13H2,1-2H3. The summed E-state index contributed by atoms with van der Waals surface area (Å²) in [6.45, 7) is 3.80. The van der Waals surface area contributed by atoms with Crippen molar-refractivity contribution in [3.05, 3.63) is 41.7 Å². The van der Waals surface area contributed by atoms with E-state index in [1.807, 2.05) is 32.0 Å². The number of nitrogens with zero attached hydrogens (tertiary/aromatic N) is 2. The van der Waals surface area contributed by atoms with Crippen LogP contribution in [0, 0.1) is 13.8 Å². The van der Waals surface area contributed by atoms with Gasteiger partial charge in [0.1, 0.15) is 0 Å². The van der Waals surface area contributed by atoms with Crippen molar-refractivity contribution in [3.63, 3.8) is 0 Å². The van der Waals surface area contributed by atoms with Gasteiger partial charge in [0, 0.05) is 11.4 Å².